The number of hydrogen-bond donors (Lipinski definition) is 1. The van der Waals surface area contributed by atoms with Crippen molar-refractivity contribution < 1.29 is 9.18 Å². The Morgan fingerprint density at radius 3 is 2.88 bits per heavy atom. The van der Waals surface area contributed by atoms with E-state index in [-0.39, 0.29) is 30.0 Å². The lowest BCUT2D eigenvalue weighted by atomic mass is 9.96. The highest BCUT2D eigenvalue weighted by Crippen LogP contribution is 2.42. The zero-order chi connectivity index (χ0) is 22.6. The number of amides is 1. The smallest absolute Gasteiger partial charge is 0.254 e. The third kappa shape index (κ3) is 2.99. The van der Waals surface area contributed by atoms with Gasteiger partial charge in [0.25, 0.3) is 5.91 Å². The number of halogens is 1. The summed E-state index contributed by atoms with van der Waals surface area (Å²) in [5.41, 5.74) is 10.4. The van der Waals surface area contributed by atoms with Crippen LogP contribution < -0.4 is 10.6 Å². The maximum absolute atomic E-state index is 14.3. The Kier molecular flexibility index (Phi) is 4.59. The highest BCUT2D eigenvalue weighted by Gasteiger charge is 2.33. The third-order valence-corrected chi connectivity index (χ3v) is 6.36. The molecule has 1 amide bonds. The van der Waals surface area contributed by atoms with E-state index in [2.05, 4.69) is 21.1 Å². The van der Waals surface area contributed by atoms with Crippen LogP contribution in [-0.2, 0) is 13.6 Å². The van der Waals surface area contributed by atoms with Gasteiger partial charge < -0.3 is 15.5 Å². The first-order valence-electron chi connectivity index (χ1n) is 10.4. The molecule has 1 saturated heterocycles. The van der Waals surface area contributed by atoms with Crippen molar-refractivity contribution in [3.8, 4) is 17.2 Å². The van der Waals surface area contributed by atoms with Crippen LogP contribution in [0.3, 0.4) is 0 Å². The maximum Gasteiger partial charge on any atom is 0.254 e. The van der Waals surface area contributed by atoms with Gasteiger partial charge in [-0.3, -0.25) is 9.48 Å². The first-order valence-corrected chi connectivity index (χ1v) is 10.4. The quantitative estimate of drug-likeness (QED) is 0.587. The molecule has 0 spiro atoms. The van der Waals surface area contributed by atoms with Crippen molar-refractivity contribution in [2.45, 2.75) is 25.4 Å². The van der Waals surface area contributed by atoms with E-state index >= 15 is 0 Å². The molecule has 2 N–H and O–H groups in total. The van der Waals surface area contributed by atoms with E-state index in [1.165, 1.54) is 12.1 Å². The summed E-state index contributed by atoms with van der Waals surface area (Å²) in [4.78, 5) is 21.5. The predicted octanol–water partition coefficient (Wildman–Crippen LogP) is 3.00. The van der Waals surface area contributed by atoms with Crippen LogP contribution in [0.2, 0.25) is 0 Å². The number of aryl methyl sites for hydroxylation is 1. The van der Waals surface area contributed by atoms with Crippen molar-refractivity contribution in [1.29, 1.82) is 5.26 Å². The Balaban J connectivity index is 1.81. The van der Waals surface area contributed by atoms with E-state index in [0.29, 0.717) is 46.0 Å². The normalized spacial score (nSPS) is 17.7. The van der Waals surface area contributed by atoms with Crippen LogP contribution >= 0.6 is 0 Å². The van der Waals surface area contributed by atoms with Crippen LogP contribution in [0.4, 0.5) is 15.9 Å². The number of carbonyl (C=O) groups is 1. The highest BCUT2D eigenvalue weighted by molar-refractivity contribution is 5.96. The number of aromatic nitrogens is 3. The van der Waals surface area contributed by atoms with E-state index in [4.69, 9.17) is 5.73 Å². The second-order valence-electron chi connectivity index (χ2n) is 8.28. The molecule has 9 heteroatoms. The van der Waals surface area contributed by atoms with Crippen LogP contribution in [0.5, 0.6) is 0 Å². The molecule has 0 aliphatic carbocycles. The van der Waals surface area contributed by atoms with Crippen LogP contribution in [-0.4, -0.2) is 39.2 Å². The summed E-state index contributed by atoms with van der Waals surface area (Å²) < 4.78 is 15.9. The molecule has 2 aromatic heterocycles. The van der Waals surface area contributed by atoms with Gasteiger partial charge in [0.15, 0.2) is 5.69 Å². The Labute approximate surface area is 184 Å². The molecule has 5 rings (SSSR count). The fourth-order valence-corrected chi connectivity index (χ4v) is 4.84. The van der Waals surface area contributed by atoms with E-state index in [1.54, 1.807) is 35.9 Å². The summed E-state index contributed by atoms with van der Waals surface area (Å²) in [6, 6.07) is 8.19. The van der Waals surface area contributed by atoms with Gasteiger partial charge in [0.05, 0.1) is 24.0 Å². The minimum atomic E-state index is -0.384. The van der Waals surface area contributed by atoms with Gasteiger partial charge >= 0.3 is 0 Å². The van der Waals surface area contributed by atoms with Gasteiger partial charge in [0, 0.05) is 43.5 Å². The van der Waals surface area contributed by atoms with E-state index in [9.17, 15) is 14.4 Å². The number of pyridine rings is 1. The molecule has 2 aliphatic heterocycles. The number of hydrogen-bond acceptors (Lipinski definition) is 6. The van der Waals surface area contributed by atoms with Crippen LogP contribution in [0.15, 0.2) is 30.5 Å². The lowest BCUT2D eigenvalue weighted by molar-refractivity contribution is 0.0780. The van der Waals surface area contributed by atoms with Crippen LogP contribution in [0.25, 0.3) is 11.1 Å². The summed E-state index contributed by atoms with van der Waals surface area (Å²) in [7, 11) is 3.44. The zero-order valence-electron chi connectivity index (χ0n) is 17.8. The summed E-state index contributed by atoms with van der Waals surface area (Å²) in [6.07, 6.45) is 3.26. The van der Waals surface area contributed by atoms with Crippen LogP contribution in [0, 0.1) is 17.1 Å². The average molecular weight is 431 g/mol. The molecule has 0 radical (unpaired) electrons. The van der Waals surface area contributed by atoms with Gasteiger partial charge in [0.2, 0.25) is 0 Å². The van der Waals surface area contributed by atoms with E-state index in [0.717, 1.165) is 12.8 Å². The number of nitriles is 1. The lowest BCUT2D eigenvalue weighted by Crippen LogP contribution is -2.31. The molecular formula is C23H22FN7O. The molecular weight excluding hydrogens is 409 g/mol. The van der Waals surface area contributed by atoms with Crippen LogP contribution in [0.1, 0.15) is 46.2 Å². The molecule has 1 aromatic carbocycles. The number of fused-ring (bicyclic) bond motifs is 8. The molecule has 0 saturated carbocycles. The lowest BCUT2D eigenvalue weighted by Gasteiger charge is -2.31. The van der Waals surface area contributed by atoms with Gasteiger partial charge in [-0.25, -0.2) is 9.37 Å². The van der Waals surface area contributed by atoms with E-state index in [1.807, 2.05) is 6.07 Å². The number of nitrogen functional groups attached to an aromatic ring is 1. The molecule has 1 fully saturated rings. The van der Waals surface area contributed by atoms with Gasteiger partial charge in [-0.1, -0.05) is 0 Å². The number of carbonyl (C=O) groups excluding carboxylic acids is 1. The summed E-state index contributed by atoms with van der Waals surface area (Å²) in [5, 5.41) is 14.1. The number of nitrogens with two attached hydrogens (primary N) is 1. The first-order chi connectivity index (χ1) is 15.4. The SMILES string of the molecule is CN1Cc2c(c(C#N)nn2C)-c2cnc(N)c(c2)N2CCCC2c2cc(F)ccc2C1=O. The molecule has 1 atom stereocenters. The van der Waals surface area contributed by atoms with Crippen molar-refractivity contribution in [3.05, 3.63) is 58.8 Å². The highest BCUT2D eigenvalue weighted by atomic mass is 19.1. The molecule has 162 valence electrons. The summed E-state index contributed by atoms with van der Waals surface area (Å²) in [6.45, 7) is 0.926. The van der Waals surface area contributed by atoms with Gasteiger partial charge in [-0.15, -0.1) is 0 Å². The monoisotopic (exact) mass is 431 g/mol. The second kappa shape index (κ2) is 7.34. The zero-order valence-corrected chi connectivity index (χ0v) is 17.8. The Morgan fingerprint density at radius 2 is 2.09 bits per heavy atom. The third-order valence-electron chi connectivity index (χ3n) is 6.36. The Hall–Kier alpha value is -3.93. The molecule has 8 nitrogen and oxygen atoms in total. The van der Waals surface area contributed by atoms with Crippen molar-refractivity contribution >= 4 is 17.4 Å². The number of rotatable bonds is 0. The molecule has 2 aliphatic rings. The van der Waals surface area contributed by atoms with Gasteiger partial charge in [-0.05, 0) is 42.7 Å². The Morgan fingerprint density at radius 1 is 1.28 bits per heavy atom. The molecule has 2 bridgehead atoms. The first kappa shape index (κ1) is 20.0. The molecule has 3 aromatic rings. The summed E-state index contributed by atoms with van der Waals surface area (Å²) in [5.74, 6) is -0.249. The maximum atomic E-state index is 14.3. The largest absolute Gasteiger partial charge is 0.382 e. The molecule has 1 unspecified atom stereocenters. The van der Waals surface area contributed by atoms with Crippen molar-refractivity contribution in [1.82, 2.24) is 19.7 Å². The summed E-state index contributed by atoms with van der Waals surface area (Å²) >= 11 is 0. The minimum absolute atomic E-state index is 0.208. The number of benzene rings is 1. The molecule has 4 heterocycles. The topological polar surface area (TPSA) is 104 Å². The van der Waals surface area contributed by atoms with Gasteiger partial charge in [0.1, 0.15) is 17.7 Å². The fourth-order valence-electron chi connectivity index (χ4n) is 4.84. The predicted molar refractivity (Wildman–Crippen MR) is 117 cm³/mol. The average Bonchev–Trinajstić information content (AvgIpc) is 3.38. The molecule has 32 heavy (non-hydrogen) atoms. The van der Waals surface area contributed by atoms with Crippen molar-refractivity contribution in [2.24, 2.45) is 7.05 Å². The number of anilines is 2. The van der Waals surface area contributed by atoms with E-state index < -0.39 is 0 Å². The minimum Gasteiger partial charge on any atom is -0.382 e. The standard InChI is InChI=1S/C23H22FN7O/c1-29-12-20-21(17(10-25)28-30(20)2)13-8-19(22(26)27-11-13)31-7-3-4-18(31)16-9-14(24)5-6-15(16)23(29)32/h5-6,8-9,11,18H,3-4,7,12H2,1-2H3,(H2,26,27). The van der Waals surface area contributed by atoms with Gasteiger partial charge in [-0.2, -0.15) is 10.4 Å². The Bertz CT molecular complexity index is 1290. The number of nitrogens with zero attached hydrogens (tertiary/aromatic N) is 6. The van der Waals surface area contributed by atoms with Crippen molar-refractivity contribution in [3.63, 3.8) is 0 Å². The fraction of sp³-hybridized carbons (Fsp3) is 0.304. The second-order valence-corrected chi connectivity index (χ2v) is 8.28. The van der Waals surface area contributed by atoms with Crippen molar-refractivity contribution in [2.75, 3.05) is 24.2 Å².